The van der Waals surface area contributed by atoms with Crippen LogP contribution in [0.3, 0.4) is 0 Å². The van der Waals surface area contributed by atoms with Gasteiger partial charge >= 0.3 is 0 Å². The summed E-state index contributed by atoms with van der Waals surface area (Å²) in [4.78, 5) is 16.8. The van der Waals surface area contributed by atoms with E-state index in [9.17, 15) is 4.79 Å². The van der Waals surface area contributed by atoms with E-state index in [0.29, 0.717) is 13.2 Å². The van der Waals surface area contributed by atoms with Crippen LogP contribution in [-0.4, -0.2) is 12.0 Å². The first kappa shape index (κ1) is 25.5. The van der Waals surface area contributed by atoms with Crippen molar-refractivity contribution in [2.75, 3.05) is 4.90 Å². The number of hydrogen-bond acceptors (Lipinski definition) is 2. The topological polar surface area (TPSA) is 29.5 Å². The molecule has 5 aromatic carbocycles. The van der Waals surface area contributed by atoms with Crippen LogP contribution in [0.15, 0.2) is 152 Å². The van der Waals surface area contributed by atoms with E-state index in [1.54, 1.807) is 6.08 Å². The van der Waals surface area contributed by atoms with Crippen molar-refractivity contribution in [1.29, 1.82) is 0 Å². The summed E-state index contributed by atoms with van der Waals surface area (Å²) < 4.78 is 6.59. The third-order valence-corrected chi connectivity index (χ3v) is 7.75. The van der Waals surface area contributed by atoms with Gasteiger partial charge in [-0.25, -0.2) is 0 Å². The molecule has 0 spiro atoms. The summed E-state index contributed by atoms with van der Waals surface area (Å²) in [5, 5.41) is 0. The van der Waals surface area contributed by atoms with Crippen LogP contribution >= 0.6 is 0 Å². The molecule has 5 aromatic rings. The summed E-state index contributed by atoms with van der Waals surface area (Å²) in [6, 6.07) is 46.9. The van der Waals surface area contributed by atoms with E-state index in [4.69, 9.17) is 4.74 Å². The molecule has 1 aliphatic rings. The number of benzene rings is 5. The monoisotopic (exact) mass is 521 g/mol. The van der Waals surface area contributed by atoms with Crippen molar-refractivity contribution in [2.24, 2.45) is 0 Å². The molecule has 0 fully saturated rings. The fourth-order valence-corrected chi connectivity index (χ4v) is 5.81. The minimum atomic E-state index is -1.09. The van der Waals surface area contributed by atoms with Gasteiger partial charge in [-0.1, -0.05) is 140 Å². The fraction of sp³-hybridized carbons (Fsp3) is 0.108. The summed E-state index contributed by atoms with van der Waals surface area (Å²) >= 11 is 0. The molecule has 2 atom stereocenters. The summed E-state index contributed by atoms with van der Waals surface area (Å²) in [6.07, 6.45) is 1.19. The Morgan fingerprint density at radius 1 is 0.675 bits per heavy atom. The van der Waals surface area contributed by atoms with Crippen LogP contribution in [0, 0.1) is 0 Å². The number of nitrogens with zero attached hydrogens (tertiary/aromatic N) is 1. The number of anilines is 1. The van der Waals surface area contributed by atoms with Crippen LogP contribution < -0.4 is 4.90 Å². The summed E-state index contributed by atoms with van der Waals surface area (Å²) in [5.41, 5.74) is 5.98. The predicted octanol–water partition coefficient (Wildman–Crippen LogP) is 7.96. The first-order valence-electron chi connectivity index (χ1n) is 13.6. The molecule has 1 amide bonds. The average Bonchev–Trinajstić information content (AvgIpc) is 3.27. The predicted molar refractivity (Wildman–Crippen MR) is 162 cm³/mol. The molecule has 0 bridgehead atoms. The largest absolute Gasteiger partial charge is 0.368 e. The van der Waals surface area contributed by atoms with Crippen molar-refractivity contribution in [3.63, 3.8) is 0 Å². The SMILES string of the molecule is C=C[C@@H](OCc1ccccc1)[C@]1(c2ccc(-c3ccccc3)cc2)C(=O)N(Cc2ccccc2)c2ccccc21. The number of hydrogen-bond donors (Lipinski definition) is 0. The van der Waals surface area contributed by atoms with E-state index in [-0.39, 0.29) is 5.91 Å². The van der Waals surface area contributed by atoms with Gasteiger partial charge in [0.1, 0.15) is 5.41 Å². The molecule has 1 heterocycles. The Morgan fingerprint density at radius 2 is 1.23 bits per heavy atom. The third kappa shape index (κ3) is 4.55. The number of para-hydroxylation sites is 1. The molecule has 0 saturated heterocycles. The van der Waals surface area contributed by atoms with Gasteiger partial charge in [0.25, 0.3) is 0 Å². The Kier molecular flexibility index (Phi) is 7.13. The van der Waals surface area contributed by atoms with Crippen molar-refractivity contribution in [2.45, 2.75) is 24.7 Å². The van der Waals surface area contributed by atoms with Gasteiger partial charge < -0.3 is 9.64 Å². The molecular formula is C37H31NO2. The van der Waals surface area contributed by atoms with Gasteiger partial charge in [0.15, 0.2) is 0 Å². The van der Waals surface area contributed by atoms with Gasteiger partial charge in [-0.05, 0) is 39.4 Å². The lowest BCUT2D eigenvalue weighted by Crippen LogP contribution is -2.49. The Balaban J connectivity index is 1.48. The van der Waals surface area contributed by atoms with E-state index in [1.807, 2.05) is 89.8 Å². The number of fused-ring (bicyclic) bond motifs is 1. The standard InChI is InChI=1S/C37H31NO2/c1-2-35(40-27-29-16-8-4-9-17-29)37(32-24-22-31(23-25-32)30-18-10-5-11-19-30)33-20-12-13-21-34(33)38(36(37)39)26-28-14-6-3-7-15-28/h2-25,35H,1,26-27H2/t35-,37-/m1/s1. The van der Waals surface area contributed by atoms with Crippen LogP contribution in [0.2, 0.25) is 0 Å². The molecule has 0 unspecified atom stereocenters. The lowest BCUT2D eigenvalue weighted by Gasteiger charge is -2.36. The molecule has 3 nitrogen and oxygen atoms in total. The first-order valence-corrected chi connectivity index (χ1v) is 13.6. The summed E-state index contributed by atoms with van der Waals surface area (Å²) in [5.74, 6) is -0.0111. The van der Waals surface area contributed by atoms with Gasteiger partial charge in [0.05, 0.1) is 19.3 Å². The molecule has 6 rings (SSSR count). The van der Waals surface area contributed by atoms with E-state index in [1.165, 1.54) is 0 Å². The van der Waals surface area contributed by atoms with E-state index in [0.717, 1.165) is 39.1 Å². The maximum atomic E-state index is 14.9. The van der Waals surface area contributed by atoms with Crippen LogP contribution in [0.25, 0.3) is 11.1 Å². The number of carbonyl (C=O) groups is 1. The maximum absolute atomic E-state index is 14.9. The van der Waals surface area contributed by atoms with Gasteiger partial charge in [-0.2, -0.15) is 0 Å². The Hall–Kier alpha value is -4.73. The number of rotatable bonds is 9. The zero-order chi connectivity index (χ0) is 27.4. The molecule has 0 saturated carbocycles. The van der Waals surface area contributed by atoms with E-state index >= 15 is 0 Å². The maximum Gasteiger partial charge on any atom is 0.245 e. The molecule has 0 aromatic heterocycles. The smallest absolute Gasteiger partial charge is 0.245 e. The van der Waals surface area contributed by atoms with Gasteiger partial charge in [-0.3, -0.25) is 4.79 Å². The van der Waals surface area contributed by atoms with Crippen molar-refractivity contribution < 1.29 is 9.53 Å². The highest BCUT2D eigenvalue weighted by Gasteiger charge is 2.56. The highest BCUT2D eigenvalue weighted by Crippen LogP contribution is 2.50. The van der Waals surface area contributed by atoms with Crippen molar-refractivity contribution in [3.8, 4) is 11.1 Å². The second-order valence-electron chi connectivity index (χ2n) is 10.1. The van der Waals surface area contributed by atoms with Crippen LogP contribution in [0.4, 0.5) is 5.69 Å². The molecular weight excluding hydrogens is 490 g/mol. The third-order valence-electron chi connectivity index (χ3n) is 7.75. The molecule has 0 N–H and O–H groups in total. The van der Waals surface area contributed by atoms with Crippen LogP contribution in [-0.2, 0) is 28.1 Å². The normalized spacial score (nSPS) is 16.9. The lowest BCUT2D eigenvalue weighted by molar-refractivity contribution is -0.126. The molecule has 3 heteroatoms. The van der Waals surface area contributed by atoms with Crippen molar-refractivity contribution in [3.05, 3.63) is 174 Å². The number of amides is 1. The summed E-state index contributed by atoms with van der Waals surface area (Å²) in [6.45, 7) is 5.02. The first-order chi connectivity index (χ1) is 19.7. The Bertz CT molecular complexity index is 1600. The summed E-state index contributed by atoms with van der Waals surface area (Å²) in [7, 11) is 0. The molecule has 0 aliphatic carbocycles. The fourth-order valence-electron chi connectivity index (χ4n) is 5.81. The molecule has 0 radical (unpaired) electrons. The van der Waals surface area contributed by atoms with Crippen molar-refractivity contribution >= 4 is 11.6 Å². The lowest BCUT2D eigenvalue weighted by atomic mass is 9.70. The zero-order valence-electron chi connectivity index (χ0n) is 22.3. The highest BCUT2D eigenvalue weighted by atomic mass is 16.5. The van der Waals surface area contributed by atoms with E-state index in [2.05, 4.69) is 61.2 Å². The molecule has 1 aliphatic heterocycles. The minimum Gasteiger partial charge on any atom is -0.368 e. The second kappa shape index (κ2) is 11.2. The average molecular weight is 522 g/mol. The molecule has 40 heavy (non-hydrogen) atoms. The Labute approximate surface area is 236 Å². The quantitative estimate of drug-likeness (QED) is 0.184. The van der Waals surface area contributed by atoms with Crippen LogP contribution in [0.1, 0.15) is 22.3 Å². The van der Waals surface area contributed by atoms with Crippen LogP contribution in [0.5, 0.6) is 0 Å². The van der Waals surface area contributed by atoms with E-state index < -0.39 is 11.5 Å². The second-order valence-corrected chi connectivity index (χ2v) is 10.1. The van der Waals surface area contributed by atoms with Crippen molar-refractivity contribution in [1.82, 2.24) is 0 Å². The van der Waals surface area contributed by atoms with Gasteiger partial charge in [0, 0.05) is 5.69 Å². The zero-order valence-corrected chi connectivity index (χ0v) is 22.3. The molecule has 196 valence electrons. The number of ether oxygens (including phenoxy) is 1. The Morgan fingerprint density at radius 3 is 1.88 bits per heavy atom. The number of carbonyl (C=O) groups excluding carboxylic acids is 1. The van der Waals surface area contributed by atoms with Gasteiger partial charge in [0.2, 0.25) is 5.91 Å². The minimum absolute atomic E-state index is 0.0111. The van der Waals surface area contributed by atoms with Gasteiger partial charge in [-0.15, -0.1) is 6.58 Å². The highest BCUT2D eigenvalue weighted by molar-refractivity contribution is 6.11.